The first-order chi connectivity index (χ1) is 12.3. The minimum absolute atomic E-state index is 0.216. The predicted molar refractivity (Wildman–Crippen MR) is 108 cm³/mol. The van der Waals surface area contributed by atoms with Gasteiger partial charge in [-0.2, -0.15) is 0 Å². The molecular weight excluding hydrogens is 310 g/mol. The normalized spacial score (nSPS) is 17.3. The molecule has 1 aliphatic heterocycles. The highest BCUT2D eigenvalue weighted by Crippen LogP contribution is 2.13. The Bertz CT molecular complexity index is 357. The Morgan fingerprint density at radius 2 is 1.64 bits per heavy atom. The Morgan fingerprint density at radius 3 is 2.32 bits per heavy atom. The van der Waals surface area contributed by atoms with Gasteiger partial charge in [0.2, 0.25) is 5.91 Å². The highest BCUT2D eigenvalue weighted by Gasteiger charge is 2.19. The summed E-state index contributed by atoms with van der Waals surface area (Å²) in [6, 6.07) is 0. The first-order valence-electron chi connectivity index (χ1n) is 10.8. The van der Waals surface area contributed by atoms with Gasteiger partial charge in [0.1, 0.15) is 6.17 Å². The van der Waals surface area contributed by atoms with Crippen molar-refractivity contribution < 1.29 is 4.79 Å². The zero-order chi connectivity index (χ0) is 18.2. The van der Waals surface area contributed by atoms with E-state index in [0.717, 1.165) is 32.5 Å². The number of hydrogen-bond acceptors (Lipinski definition) is 3. The molecule has 4 heteroatoms. The highest BCUT2D eigenvalue weighted by atomic mass is 16.1. The largest absolute Gasteiger partial charge is 0.355 e. The molecule has 0 saturated heterocycles. The Morgan fingerprint density at radius 1 is 1.00 bits per heavy atom. The Balaban J connectivity index is 1.92. The van der Waals surface area contributed by atoms with E-state index >= 15 is 0 Å². The van der Waals surface area contributed by atoms with Crippen LogP contribution in [0.1, 0.15) is 97.3 Å². The van der Waals surface area contributed by atoms with Gasteiger partial charge >= 0.3 is 0 Å². The smallest absolute Gasteiger partial charge is 0.220 e. The summed E-state index contributed by atoms with van der Waals surface area (Å²) in [5.41, 5.74) is 0. The fraction of sp³-hybridized carbons (Fsp3) is 0.905. The highest BCUT2D eigenvalue weighted by molar-refractivity contribution is 5.75. The summed E-state index contributed by atoms with van der Waals surface area (Å²) in [5, 5.41) is 3.08. The minimum atomic E-state index is 0.216. The standard InChI is InChI=1S/C21H41N3O/c1-3-5-7-8-9-10-11-12-13-15-21(25)23-17-19-24-18-16-22-20(24)14-6-4-2/h16,20H,3-15,17-19H2,1-2H3,(H,23,25). The van der Waals surface area contributed by atoms with Gasteiger partial charge in [-0.1, -0.05) is 78.1 Å². The first-order valence-corrected chi connectivity index (χ1v) is 10.8. The van der Waals surface area contributed by atoms with Crippen molar-refractivity contribution in [3.63, 3.8) is 0 Å². The number of unbranched alkanes of at least 4 members (excludes halogenated alkanes) is 9. The van der Waals surface area contributed by atoms with E-state index in [1.165, 1.54) is 64.2 Å². The number of amides is 1. The Hall–Kier alpha value is -0.900. The molecule has 4 nitrogen and oxygen atoms in total. The van der Waals surface area contributed by atoms with Crippen molar-refractivity contribution in [2.24, 2.45) is 4.99 Å². The lowest BCUT2D eigenvalue weighted by Gasteiger charge is -2.22. The zero-order valence-electron chi connectivity index (χ0n) is 16.8. The van der Waals surface area contributed by atoms with E-state index in [0.29, 0.717) is 12.6 Å². The average Bonchev–Trinajstić information content (AvgIpc) is 3.06. The van der Waals surface area contributed by atoms with Crippen molar-refractivity contribution in [3.05, 3.63) is 0 Å². The van der Waals surface area contributed by atoms with Gasteiger partial charge in [-0.3, -0.25) is 14.7 Å². The number of nitrogens with one attached hydrogen (secondary N) is 1. The maximum Gasteiger partial charge on any atom is 0.220 e. The van der Waals surface area contributed by atoms with Gasteiger partial charge in [-0.15, -0.1) is 0 Å². The third-order valence-corrected chi connectivity index (χ3v) is 5.06. The predicted octanol–water partition coefficient (Wildman–Crippen LogP) is 4.93. The Labute approximate surface area is 155 Å². The fourth-order valence-electron chi connectivity index (χ4n) is 3.40. The van der Waals surface area contributed by atoms with Crippen LogP contribution in [0.5, 0.6) is 0 Å². The molecule has 0 aliphatic carbocycles. The van der Waals surface area contributed by atoms with E-state index in [-0.39, 0.29) is 5.91 Å². The van der Waals surface area contributed by atoms with E-state index in [1.807, 2.05) is 6.21 Å². The summed E-state index contributed by atoms with van der Waals surface area (Å²) >= 11 is 0. The third kappa shape index (κ3) is 11.4. The summed E-state index contributed by atoms with van der Waals surface area (Å²) in [5.74, 6) is 0.216. The molecule has 1 N–H and O–H groups in total. The SMILES string of the molecule is CCCCCCCCCCCC(=O)NCCN1CC=NC1CCCC. The van der Waals surface area contributed by atoms with Gasteiger partial charge in [0.15, 0.2) is 0 Å². The summed E-state index contributed by atoms with van der Waals surface area (Å²) in [6.07, 6.45) is 18.3. The van der Waals surface area contributed by atoms with Gasteiger partial charge in [0.05, 0.1) is 0 Å². The van der Waals surface area contributed by atoms with E-state index in [1.54, 1.807) is 0 Å². The van der Waals surface area contributed by atoms with Crippen LogP contribution in [0.2, 0.25) is 0 Å². The van der Waals surface area contributed by atoms with Crippen molar-refractivity contribution in [1.82, 2.24) is 10.2 Å². The molecule has 25 heavy (non-hydrogen) atoms. The third-order valence-electron chi connectivity index (χ3n) is 5.06. The van der Waals surface area contributed by atoms with E-state index in [9.17, 15) is 4.79 Å². The van der Waals surface area contributed by atoms with Crippen LogP contribution in [0.25, 0.3) is 0 Å². The van der Waals surface area contributed by atoms with Gasteiger partial charge < -0.3 is 5.32 Å². The monoisotopic (exact) mass is 351 g/mol. The lowest BCUT2D eigenvalue weighted by molar-refractivity contribution is -0.121. The van der Waals surface area contributed by atoms with Crippen molar-refractivity contribution in [2.75, 3.05) is 19.6 Å². The van der Waals surface area contributed by atoms with E-state index < -0.39 is 0 Å². The van der Waals surface area contributed by atoms with E-state index in [2.05, 4.69) is 29.1 Å². The molecule has 1 rings (SSSR count). The number of rotatable bonds is 16. The molecule has 0 saturated carbocycles. The second kappa shape index (κ2) is 15.4. The van der Waals surface area contributed by atoms with Crippen LogP contribution < -0.4 is 5.32 Å². The molecule has 146 valence electrons. The summed E-state index contributed by atoms with van der Waals surface area (Å²) < 4.78 is 0. The molecule has 1 atom stereocenters. The average molecular weight is 352 g/mol. The number of carbonyl (C=O) groups excluding carboxylic acids is 1. The molecule has 0 spiro atoms. The van der Waals surface area contributed by atoms with Gasteiger partial charge in [0, 0.05) is 32.3 Å². The molecule has 0 radical (unpaired) electrons. The second-order valence-corrected chi connectivity index (χ2v) is 7.38. The lowest BCUT2D eigenvalue weighted by atomic mass is 10.1. The number of hydrogen-bond donors (Lipinski definition) is 1. The fourth-order valence-corrected chi connectivity index (χ4v) is 3.40. The lowest BCUT2D eigenvalue weighted by Crippen LogP contribution is -2.38. The van der Waals surface area contributed by atoms with Crippen LogP contribution in [0, 0.1) is 0 Å². The molecule has 0 fully saturated rings. The van der Waals surface area contributed by atoms with Crippen LogP contribution in [0.15, 0.2) is 4.99 Å². The minimum Gasteiger partial charge on any atom is -0.355 e. The maximum absolute atomic E-state index is 11.9. The molecular formula is C21H41N3O. The molecule has 1 amide bonds. The van der Waals surface area contributed by atoms with Crippen molar-refractivity contribution in [3.8, 4) is 0 Å². The molecule has 0 aromatic heterocycles. The van der Waals surface area contributed by atoms with Crippen LogP contribution in [0.4, 0.5) is 0 Å². The Kier molecular flexibility index (Phi) is 13.6. The number of carbonyl (C=O) groups is 1. The molecule has 1 aliphatic rings. The number of nitrogens with zero attached hydrogens (tertiary/aromatic N) is 2. The van der Waals surface area contributed by atoms with Crippen molar-refractivity contribution in [2.45, 2.75) is 103 Å². The van der Waals surface area contributed by atoms with Crippen LogP contribution >= 0.6 is 0 Å². The summed E-state index contributed by atoms with van der Waals surface area (Å²) in [6.45, 7) is 7.08. The van der Waals surface area contributed by atoms with Crippen LogP contribution in [-0.4, -0.2) is 42.8 Å². The molecule has 0 aromatic carbocycles. The van der Waals surface area contributed by atoms with E-state index in [4.69, 9.17) is 0 Å². The quantitative estimate of drug-likeness (QED) is 0.401. The second-order valence-electron chi connectivity index (χ2n) is 7.38. The zero-order valence-corrected chi connectivity index (χ0v) is 16.8. The molecule has 0 aromatic rings. The number of aliphatic imine (C=N–C) groups is 1. The van der Waals surface area contributed by atoms with Crippen molar-refractivity contribution in [1.29, 1.82) is 0 Å². The van der Waals surface area contributed by atoms with Crippen molar-refractivity contribution >= 4 is 12.1 Å². The molecule has 0 bridgehead atoms. The topological polar surface area (TPSA) is 44.7 Å². The molecule has 1 unspecified atom stereocenters. The summed E-state index contributed by atoms with van der Waals surface area (Å²) in [7, 11) is 0. The van der Waals surface area contributed by atoms with Crippen LogP contribution in [-0.2, 0) is 4.79 Å². The van der Waals surface area contributed by atoms with Gasteiger partial charge in [0.25, 0.3) is 0 Å². The molecule has 1 heterocycles. The van der Waals surface area contributed by atoms with Gasteiger partial charge in [-0.25, -0.2) is 0 Å². The maximum atomic E-state index is 11.9. The first kappa shape index (κ1) is 22.1. The summed E-state index contributed by atoms with van der Waals surface area (Å²) in [4.78, 5) is 18.8. The van der Waals surface area contributed by atoms with Gasteiger partial charge in [-0.05, 0) is 12.8 Å². The van der Waals surface area contributed by atoms with Crippen LogP contribution in [0.3, 0.4) is 0 Å².